The zero-order chi connectivity index (χ0) is 15.5. The molecule has 5 heteroatoms. The normalized spacial score (nSPS) is 27.4. The van der Waals surface area contributed by atoms with Crippen LogP contribution in [0.4, 0.5) is 4.39 Å². The van der Waals surface area contributed by atoms with Crippen molar-refractivity contribution in [1.29, 1.82) is 0 Å². The molecule has 0 amide bonds. The van der Waals surface area contributed by atoms with Gasteiger partial charge in [-0.1, -0.05) is 17.7 Å². The average molecular weight is 327 g/mol. The van der Waals surface area contributed by atoms with E-state index in [1.54, 1.807) is 12.1 Å². The van der Waals surface area contributed by atoms with Crippen LogP contribution in [0.15, 0.2) is 18.2 Å². The lowest BCUT2D eigenvalue weighted by molar-refractivity contribution is 0.0763. The number of likely N-dealkylation sites (tertiary alicyclic amines) is 1. The molecule has 0 spiro atoms. The van der Waals surface area contributed by atoms with Crippen molar-refractivity contribution >= 4 is 11.6 Å². The monoisotopic (exact) mass is 326 g/mol. The van der Waals surface area contributed by atoms with Crippen molar-refractivity contribution in [3.05, 3.63) is 34.6 Å². The Labute approximate surface area is 136 Å². The molecule has 2 aliphatic heterocycles. The third kappa shape index (κ3) is 3.62. The third-order valence-corrected chi connectivity index (χ3v) is 5.26. The highest BCUT2D eigenvalue weighted by Crippen LogP contribution is 2.36. The standard InChI is InChI=1S/C17H24ClFN2O/c1-21-7-4-13(11-20-14-5-8-22-9-6-14)17(21)12-2-3-15(18)16(19)10-12/h2-3,10,13-14,17,20H,4-9,11H2,1H3/t13-,17-/m0/s1. The predicted octanol–water partition coefficient (Wildman–Crippen LogP) is 3.24. The first-order chi connectivity index (χ1) is 10.6. The van der Waals surface area contributed by atoms with Crippen LogP contribution >= 0.6 is 11.6 Å². The first-order valence-electron chi connectivity index (χ1n) is 8.11. The highest BCUT2D eigenvalue weighted by atomic mass is 35.5. The van der Waals surface area contributed by atoms with Gasteiger partial charge in [-0.3, -0.25) is 4.90 Å². The van der Waals surface area contributed by atoms with Crippen LogP contribution in [0.1, 0.15) is 30.9 Å². The summed E-state index contributed by atoms with van der Waals surface area (Å²) in [5.74, 6) is 0.184. The number of rotatable bonds is 4. The molecule has 0 unspecified atom stereocenters. The van der Waals surface area contributed by atoms with E-state index in [2.05, 4.69) is 17.3 Å². The zero-order valence-electron chi connectivity index (χ0n) is 13.0. The molecule has 0 aliphatic carbocycles. The number of ether oxygens (including phenoxy) is 1. The highest BCUT2D eigenvalue weighted by Gasteiger charge is 2.33. The van der Waals surface area contributed by atoms with E-state index in [1.807, 2.05) is 6.07 Å². The van der Waals surface area contributed by atoms with Gasteiger partial charge in [-0.25, -0.2) is 4.39 Å². The molecule has 2 atom stereocenters. The summed E-state index contributed by atoms with van der Waals surface area (Å²) in [6, 6.07) is 6.04. The fraction of sp³-hybridized carbons (Fsp3) is 0.647. The quantitative estimate of drug-likeness (QED) is 0.919. The molecule has 1 aromatic rings. The number of hydrogen-bond acceptors (Lipinski definition) is 3. The molecule has 2 heterocycles. The van der Waals surface area contributed by atoms with Crippen molar-refractivity contribution in [2.75, 3.05) is 33.4 Å². The molecule has 2 aliphatic rings. The van der Waals surface area contributed by atoms with Crippen molar-refractivity contribution in [3.8, 4) is 0 Å². The number of hydrogen-bond donors (Lipinski definition) is 1. The van der Waals surface area contributed by atoms with Crippen molar-refractivity contribution in [2.45, 2.75) is 31.3 Å². The molecule has 0 aromatic heterocycles. The molecule has 3 nitrogen and oxygen atoms in total. The lowest BCUT2D eigenvalue weighted by Gasteiger charge is -2.29. The maximum Gasteiger partial charge on any atom is 0.142 e. The van der Waals surface area contributed by atoms with E-state index in [9.17, 15) is 4.39 Å². The second-order valence-electron chi connectivity index (χ2n) is 6.44. The van der Waals surface area contributed by atoms with Crippen LogP contribution in [0.3, 0.4) is 0 Å². The number of nitrogens with zero attached hydrogens (tertiary/aromatic N) is 1. The molecular weight excluding hydrogens is 303 g/mol. The Balaban J connectivity index is 1.66. The second-order valence-corrected chi connectivity index (χ2v) is 6.85. The topological polar surface area (TPSA) is 24.5 Å². The van der Waals surface area contributed by atoms with Crippen LogP contribution in [-0.2, 0) is 4.74 Å². The van der Waals surface area contributed by atoms with Gasteiger partial charge in [0.15, 0.2) is 0 Å². The van der Waals surface area contributed by atoms with Crippen molar-refractivity contribution in [2.24, 2.45) is 5.92 Å². The van der Waals surface area contributed by atoms with Gasteiger partial charge in [0.05, 0.1) is 5.02 Å². The van der Waals surface area contributed by atoms with Gasteiger partial charge in [-0.2, -0.15) is 0 Å². The van der Waals surface area contributed by atoms with Gasteiger partial charge in [0.25, 0.3) is 0 Å². The highest BCUT2D eigenvalue weighted by molar-refractivity contribution is 6.30. The first kappa shape index (κ1) is 16.2. The third-order valence-electron chi connectivity index (χ3n) is 4.95. The van der Waals surface area contributed by atoms with E-state index in [-0.39, 0.29) is 16.9 Å². The minimum Gasteiger partial charge on any atom is -0.381 e. The van der Waals surface area contributed by atoms with Gasteiger partial charge in [0, 0.05) is 31.8 Å². The van der Waals surface area contributed by atoms with E-state index < -0.39 is 0 Å². The van der Waals surface area contributed by atoms with Gasteiger partial charge >= 0.3 is 0 Å². The Morgan fingerprint density at radius 3 is 2.82 bits per heavy atom. The SMILES string of the molecule is CN1CC[C@@H](CNC2CCOCC2)[C@@H]1c1ccc(Cl)c(F)c1. The molecule has 0 radical (unpaired) electrons. The Kier molecular flexibility index (Phi) is 5.34. The predicted molar refractivity (Wildman–Crippen MR) is 86.7 cm³/mol. The molecule has 0 bridgehead atoms. The summed E-state index contributed by atoms with van der Waals surface area (Å²) < 4.78 is 19.2. The average Bonchev–Trinajstić information content (AvgIpc) is 2.90. The van der Waals surface area contributed by atoms with Crippen molar-refractivity contribution < 1.29 is 9.13 Å². The molecule has 3 rings (SSSR count). The van der Waals surface area contributed by atoms with Gasteiger partial charge < -0.3 is 10.1 Å². The molecule has 2 fully saturated rings. The molecule has 2 saturated heterocycles. The van der Waals surface area contributed by atoms with Gasteiger partial charge in [-0.05, 0) is 56.5 Å². The van der Waals surface area contributed by atoms with Crippen LogP contribution in [0.5, 0.6) is 0 Å². The Morgan fingerprint density at radius 2 is 2.09 bits per heavy atom. The maximum atomic E-state index is 13.8. The Hall–Kier alpha value is -0.680. The molecule has 22 heavy (non-hydrogen) atoms. The van der Waals surface area contributed by atoms with Crippen molar-refractivity contribution in [1.82, 2.24) is 10.2 Å². The summed E-state index contributed by atoms with van der Waals surface area (Å²) in [6.07, 6.45) is 3.31. The summed E-state index contributed by atoms with van der Waals surface area (Å²) in [6.45, 7) is 3.74. The Bertz CT molecular complexity index is 507. The lowest BCUT2D eigenvalue weighted by Crippen LogP contribution is -2.38. The van der Waals surface area contributed by atoms with Gasteiger partial charge in [-0.15, -0.1) is 0 Å². The van der Waals surface area contributed by atoms with Gasteiger partial charge in [0.2, 0.25) is 0 Å². The van der Waals surface area contributed by atoms with E-state index in [1.165, 1.54) is 0 Å². The number of benzene rings is 1. The van der Waals surface area contributed by atoms with E-state index in [0.29, 0.717) is 12.0 Å². The van der Waals surface area contributed by atoms with Crippen LogP contribution in [0.2, 0.25) is 5.02 Å². The second kappa shape index (κ2) is 7.26. The summed E-state index contributed by atoms with van der Waals surface area (Å²) in [5, 5.41) is 3.88. The van der Waals surface area contributed by atoms with Gasteiger partial charge in [0.1, 0.15) is 5.82 Å². The van der Waals surface area contributed by atoms with Crippen molar-refractivity contribution in [3.63, 3.8) is 0 Å². The summed E-state index contributed by atoms with van der Waals surface area (Å²) in [7, 11) is 2.12. The largest absolute Gasteiger partial charge is 0.381 e. The smallest absolute Gasteiger partial charge is 0.142 e. The minimum atomic E-state index is -0.324. The minimum absolute atomic E-state index is 0.196. The molecular formula is C17H24ClFN2O. The first-order valence-corrected chi connectivity index (χ1v) is 8.49. The summed E-state index contributed by atoms with van der Waals surface area (Å²) in [4.78, 5) is 2.32. The van der Waals surface area contributed by atoms with Crippen LogP contribution in [0, 0.1) is 11.7 Å². The fourth-order valence-electron chi connectivity index (χ4n) is 3.68. The molecule has 1 N–H and O–H groups in total. The number of halogens is 2. The van der Waals surface area contributed by atoms with Crippen LogP contribution < -0.4 is 5.32 Å². The van der Waals surface area contributed by atoms with E-state index in [0.717, 1.165) is 51.1 Å². The summed E-state index contributed by atoms with van der Waals surface area (Å²) >= 11 is 5.81. The number of nitrogens with one attached hydrogen (secondary N) is 1. The summed E-state index contributed by atoms with van der Waals surface area (Å²) in [5.41, 5.74) is 1.03. The Morgan fingerprint density at radius 1 is 1.32 bits per heavy atom. The van der Waals surface area contributed by atoms with Crippen LogP contribution in [-0.4, -0.2) is 44.3 Å². The molecule has 1 aromatic carbocycles. The fourth-order valence-corrected chi connectivity index (χ4v) is 3.80. The lowest BCUT2D eigenvalue weighted by atomic mass is 9.93. The molecule has 0 saturated carbocycles. The van der Waals surface area contributed by atoms with Crippen LogP contribution in [0.25, 0.3) is 0 Å². The zero-order valence-corrected chi connectivity index (χ0v) is 13.8. The van der Waals surface area contributed by atoms with E-state index >= 15 is 0 Å². The van der Waals surface area contributed by atoms with E-state index in [4.69, 9.17) is 16.3 Å². The maximum absolute atomic E-state index is 13.8. The molecule has 122 valence electrons.